The van der Waals surface area contributed by atoms with Gasteiger partial charge in [0.2, 0.25) is 0 Å². The summed E-state index contributed by atoms with van der Waals surface area (Å²) in [7, 11) is 0. The largest absolute Gasteiger partial charge is 0.506 e. The molecule has 0 spiro atoms. The molecule has 0 radical (unpaired) electrons. The van der Waals surface area contributed by atoms with Crippen molar-refractivity contribution < 1.29 is 19.4 Å². The standard InChI is InChI=1S/C19H15NO4/c1-13(21)23-16-7-9-18(10-8-16)24-17-5-2-14(3-6-17)19-11-4-15(22)12-20-19/h2-12,22H,1H3. The van der Waals surface area contributed by atoms with Crippen LogP contribution in [0, 0.1) is 0 Å². The molecule has 5 nitrogen and oxygen atoms in total. The molecule has 5 heteroatoms. The second-order valence-corrected chi connectivity index (χ2v) is 5.09. The number of ether oxygens (including phenoxy) is 2. The Hall–Kier alpha value is -3.34. The van der Waals surface area contributed by atoms with E-state index < -0.39 is 0 Å². The van der Waals surface area contributed by atoms with E-state index in [1.54, 1.807) is 36.4 Å². The first-order valence-corrected chi connectivity index (χ1v) is 7.32. The van der Waals surface area contributed by atoms with Gasteiger partial charge in [-0.3, -0.25) is 9.78 Å². The minimum Gasteiger partial charge on any atom is -0.506 e. The second-order valence-electron chi connectivity index (χ2n) is 5.09. The molecule has 0 aliphatic heterocycles. The lowest BCUT2D eigenvalue weighted by Gasteiger charge is -2.08. The molecule has 0 saturated carbocycles. The highest BCUT2D eigenvalue weighted by Crippen LogP contribution is 2.26. The number of aromatic nitrogens is 1. The first-order chi connectivity index (χ1) is 11.6. The Bertz CT molecular complexity index is 825. The highest BCUT2D eigenvalue weighted by molar-refractivity contribution is 5.69. The molecular weight excluding hydrogens is 306 g/mol. The van der Waals surface area contributed by atoms with Gasteiger partial charge in [-0.2, -0.15) is 0 Å². The summed E-state index contributed by atoms with van der Waals surface area (Å²) in [6.45, 7) is 1.36. The van der Waals surface area contributed by atoms with Crippen LogP contribution in [0.4, 0.5) is 0 Å². The predicted octanol–water partition coefficient (Wildman–Crippen LogP) is 4.17. The van der Waals surface area contributed by atoms with Crippen LogP contribution in [-0.2, 0) is 4.79 Å². The normalized spacial score (nSPS) is 10.2. The second kappa shape index (κ2) is 6.83. The summed E-state index contributed by atoms with van der Waals surface area (Å²) in [5.74, 6) is 1.57. The fourth-order valence-electron chi connectivity index (χ4n) is 2.13. The Kier molecular flexibility index (Phi) is 4.43. The third kappa shape index (κ3) is 3.89. The smallest absolute Gasteiger partial charge is 0.308 e. The molecule has 0 bridgehead atoms. The Labute approximate surface area is 139 Å². The molecule has 120 valence electrons. The van der Waals surface area contributed by atoms with Crippen molar-refractivity contribution in [2.24, 2.45) is 0 Å². The summed E-state index contributed by atoms with van der Waals surface area (Å²) in [4.78, 5) is 15.0. The first-order valence-electron chi connectivity index (χ1n) is 7.32. The molecule has 0 atom stereocenters. The maximum absolute atomic E-state index is 10.9. The van der Waals surface area contributed by atoms with Crippen molar-refractivity contribution in [2.75, 3.05) is 0 Å². The van der Waals surface area contributed by atoms with Gasteiger partial charge in [-0.25, -0.2) is 0 Å². The summed E-state index contributed by atoms with van der Waals surface area (Å²) < 4.78 is 10.7. The fraction of sp³-hybridized carbons (Fsp3) is 0.0526. The maximum Gasteiger partial charge on any atom is 0.308 e. The van der Waals surface area contributed by atoms with Crippen LogP contribution in [0.3, 0.4) is 0 Å². The Morgan fingerprint density at radius 3 is 2.00 bits per heavy atom. The number of hydrogen-bond acceptors (Lipinski definition) is 5. The van der Waals surface area contributed by atoms with Crippen LogP contribution < -0.4 is 9.47 Å². The molecule has 3 aromatic rings. The molecule has 0 saturated heterocycles. The van der Waals surface area contributed by atoms with Gasteiger partial charge in [0.1, 0.15) is 23.0 Å². The van der Waals surface area contributed by atoms with Gasteiger partial charge in [-0.05, 0) is 60.7 Å². The number of benzene rings is 2. The minimum absolute atomic E-state index is 0.135. The molecular formula is C19H15NO4. The van der Waals surface area contributed by atoms with Gasteiger partial charge in [0, 0.05) is 12.5 Å². The lowest BCUT2D eigenvalue weighted by Crippen LogP contribution is -2.00. The summed E-state index contributed by atoms with van der Waals surface area (Å²) in [6, 6.07) is 17.6. The average molecular weight is 321 g/mol. The molecule has 0 unspecified atom stereocenters. The number of hydrogen-bond donors (Lipinski definition) is 1. The molecule has 24 heavy (non-hydrogen) atoms. The van der Waals surface area contributed by atoms with Crippen molar-refractivity contribution >= 4 is 5.97 Å². The van der Waals surface area contributed by atoms with E-state index in [2.05, 4.69) is 4.98 Å². The summed E-state index contributed by atoms with van der Waals surface area (Å²) in [6.07, 6.45) is 1.41. The summed E-state index contributed by atoms with van der Waals surface area (Å²) >= 11 is 0. The van der Waals surface area contributed by atoms with E-state index in [0.29, 0.717) is 17.2 Å². The van der Waals surface area contributed by atoms with Crippen LogP contribution in [0.1, 0.15) is 6.92 Å². The maximum atomic E-state index is 10.9. The van der Waals surface area contributed by atoms with Gasteiger partial charge in [0.15, 0.2) is 0 Å². The van der Waals surface area contributed by atoms with Gasteiger partial charge in [-0.1, -0.05) is 0 Å². The summed E-state index contributed by atoms with van der Waals surface area (Å²) in [5.41, 5.74) is 1.69. The van der Waals surface area contributed by atoms with E-state index in [0.717, 1.165) is 11.3 Å². The van der Waals surface area contributed by atoms with Gasteiger partial charge in [-0.15, -0.1) is 0 Å². The Morgan fingerprint density at radius 1 is 0.875 bits per heavy atom. The Balaban J connectivity index is 1.69. The fourth-order valence-corrected chi connectivity index (χ4v) is 2.13. The predicted molar refractivity (Wildman–Crippen MR) is 89.2 cm³/mol. The Morgan fingerprint density at radius 2 is 1.46 bits per heavy atom. The number of carbonyl (C=O) groups excluding carboxylic acids is 1. The number of pyridine rings is 1. The highest BCUT2D eigenvalue weighted by Gasteiger charge is 2.03. The monoisotopic (exact) mass is 321 g/mol. The van der Waals surface area contributed by atoms with Crippen LogP contribution in [0.25, 0.3) is 11.3 Å². The number of esters is 1. The molecule has 0 amide bonds. The quantitative estimate of drug-likeness (QED) is 0.577. The molecule has 1 heterocycles. The van der Waals surface area contributed by atoms with Crippen LogP contribution >= 0.6 is 0 Å². The van der Waals surface area contributed by atoms with E-state index in [-0.39, 0.29) is 11.7 Å². The molecule has 0 aliphatic rings. The zero-order valence-corrected chi connectivity index (χ0v) is 13.0. The zero-order chi connectivity index (χ0) is 16.9. The van der Waals surface area contributed by atoms with Crippen LogP contribution in [-0.4, -0.2) is 16.1 Å². The molecule has 2 aromatic carbocycles. The van der Waals surface area contributed by atoms with Crippen molar-refractivity contribution in [3.05, 3.63) is 66.9 Å². The van der Waals surface area contributed by atoms with E-state index in [4.69, 9.17) is 9.47 Å². The van der Waals surface area contributed by atoms with Gasteiger partial charge < -0.3 is 14.6 Å². The van der Waals surface area contributed by atoms with Crippen molar-refractivity contribution in [1.29, 1.82) is 0 Å². The zero-order valence-electron chi connectivity index (χ0n) is 13.0. The number of carbonyl (C=O) groups is 1. The summed E-state index contributed by atoms with van der Waals surface area (Å²) in [5, 5.41) is 9.27. The number of aromatic hydroxyl groups is 1. The molecule has 0 aliphatic carbocycles. The van der Waals surface area contributed by atoms with E-state index in [1.165, 1.54) is 13.1 Å². The molecule has 0 fully saturated rings. The molecule has 1 aromatic heterocycles. The van der Waals surface area contributed by atoms with Crippen LogP contribution in [0.15, 0.2) is 66.9 Å². The van der Waals surface area contributed by atoms with Crippen molar-refractivity contribution in [3.8, 4) is 34.3 Å². The lowest BCUT2D eigenvalue weighted by molar-refractivity contribution is -0.131. The van der Waals surface area contributed by atoms with Crippen molar-refractivity contribution in [2.45, 2.75) is 6.92 Å². The topological polar surface area (TPSA) is 68.7 Å². The van der Waals surface area contributed by atoms with Gasteiger partial charge in [0.05, 0.1) is 11.9 Å². The first kappa shape index (κ1) is 15.6. The minimum atomic E-state index is -0.359. The van der Waals surface area contributed by atoms with E-state index in [9.17, 15) is 9.90 Å². The van der Waals surface area contributed by atoms with Crippen LogP contribution in [0.5, 0.6) is 23.0 Å². The average Bonchev–Trinajstić information content (AvgIpc) is 2.58. The lowest BCUT2D eigenvalue weighted by atomic mass is 10.1. The van der Waals surface area contributed by atoms with Crippen LogP contribution in [0.2, 0.25) is 0 Å². The van der Waals surface area contributed by atoms with E-state index >= 15 is 0 Å². The highest BCUT2D eigenvalue weighted by atomic mass is 16.5. The van der Waals surface area contributed by atoms with Gasteiger partial charge in [0.25, 0.3) is 0 Å². The third-order valence-corrected chi connectivity index (χ3v) is 3.22. The molecule has 3 rings (SSSR count). The number of nitrogens with zero attached hydrogens (tertiary/aromatic N) is 1. The van der Waals surface area contributed by atoms with E-state index in [1.807, 2.05) is 24.3 Å². The SMILES string of the molecule is CC(=O)Oc1ccc(Oc2ccc(-c3ccc(O)cn3)cc2)cc1. The third-order valence-electron chi connectivity index (χ3n) is 3.22. The van der Waals surface area contributed by atoms with Crippen molar-refractivity contribution in [1.82, 2.24) is 4.98 Å². The van der Waals surface area contributed by atoms with Crippen molar-refractivity contribution in [3.63, 3.8) is 0 Å². The van der Waals surface area contributed by atoms with Gasteiger partial charge >= 0.3 is 5.97 Å². The number of rotatable bonds is 4. The molecule has 1 N–H and O–H groups in total.